The normalized spacial score (nSPS) is 25.8. The summed E-state index contributed by atoms with van der Waals surface area (Å²) in [4.78, 5) is 27.8. The van der Waals surface area contributed by atoms with Gasteiger partial charge in [-0.2, -0.15) is 4.98 Å². The van der Waals surface area contributed by atoms with Gasteiger partial charge in [-0.15, -0.1) is 4.52 Å². The van der Waals surface area contributed by atoms with Crippen LogP contribution in [-0.4, -0.2) is 33.2 Å². The first kappa shape index (κ1) is 18.3. The van der Waals surface area contributed by atoms with Crippen molar-refractivity contribution in [1.82, 2.24) is 14.5 Å². The fourth-order valence-electron chi connectivity index (χ4n) is 2.29. The highest BCUT2D eigenvalue weighted by Crippen LogP contribution is 2.41. The monoisotopic (exact) mass is 388 g/mol. The third-order valence-electron chi connectivity index (χ3n) is 3.56. The molecule has 0 radical (unpaired) electrons. The largest absolute Gasteiger partial charge is 0.750 e. The van der Waals surface area contributed by atoms with Gasteiger partial charge in [0.25, 0.3) is 5.85 Å². The van der Waals surface area contributed by atoms with Crippen molar-refractivity contribution < 1.29 is 27.1 Å². The van der Waals surface area contributed by atoms with Crippen molar-refractivity contribution in [2.75, 3.05) is 6.61 Å². The van der Waals surface area contributed by atoms with Crippen molar-refractivity contribution in [2.24, 2.45) is 0 Å². The Labute approximate surface area is 145 Å². The van der Waals surface area contributed by atoms with Gasteiger partial charge in [-0.05, 0) is 12.1 Å². The van der Waals surface area contributed by atoms with Gasteiger partial charge in [0.05, 0.1) is 0 Å². The Morgan fingerprint density at radius 3 is 2.81 bits per heavy atom. The number of para-hydroxylation sites is 1. The molecule has 1 aliphatic rings. The number of halogens is 2. The Balaban J connectivity index is 1.63. The van der Waals surface area contributed by atoms with Crippen LogP contribution in [0.15, 0.2) is 46.2 Å². The quantitative estimate of drug-likeness (QED) is 0.748. The average molecular weight is 388 g/mol. The Bertz CT molecular complexity index is 907. The maximum Gasteiger partial charge on any atom is 0.750 e. The van der Waals surface area contributed by atoms with Gasteiger partial charge in [-0.3, -0.25) is 9.55 Å². The first-order chi connectivity index (χ1) is 12.4. The Morgan fingerprint density at radius 1 is 1.38 bits per heavy atom. The summed E-state index contributed by atoms with van der Waals surface area (Å²) in [5, 5.41) is 0. The second-order valence-corrected chi connectivity index (χ2v) is 6.24. The molecule has 2 aromatic rings. The number of hydrogen-bond acceptors (Lipinski definition) is 7. The molecule has 0 amide bonds. The molecule has 1 aliphatic heterocycles. The molecule has 12 heteroatoms. The summed E-state index contributed by atoms with van der Waals surface area (Å²) in [6.07, 6.45) is -3.21. The van der Waals surface area contributed by atoms with Gasteiger partial charge in [0.2, 0.25) is 0 Å². The Hall–Kier alpha value is -2.49. The van der Waals surface area contributed by atoms with Crippen LogP contribution in [-0.2, 0) is 13.8 Å². The topological polar surface area (TPSA) is 113 Å². The number of rotatable bonds is 6. The van der Waals surface area contributed by atoms with Crippen LogP contribution in [0.3, 0.4) is 0 Å². The minimum absolute atomic E-state index is 0.231. The SMILES string of the molecule is O=c1ncn([C@H]2C[C@H](F)[C@@](F)(CO[P+](=O)Oc3ccccc3)O2)c(=O)[nH]1. The molecule has 4 atom stereocenters. The predicted octanol–water partition coefficient (Wildman–Crippen LogP) is 1.61. The first-order valence-corrected chi connectivity index (χ1v) is 8.48. The number of hydrogen-bond donors (Lipinski definition) is 1. The number of ether oxygens (including phenoxy) is 1. The van der Waals surface area contributed by atoms with Gasteiger partial charge in [0.15, 0.2) is 18.5 Å². The minimum Gasteiger partial charge on any atom is -0.317 e. The van der Waals surface area contributed by atoms with E-state index in [1.54, 1.807) is 18.2 Å². The lowest BCUT2D eigenvalue weighted by Crippen LogP contribution is -2.37. The summed E-state index contributed by atoms with van der Waals surface area (Å²) in [6.45, 7) is -1.02. The molecule has 1 saturated heterocycles. The molecule has 0 bridgehead atoms. The van der Waals surface area contributed by atoms with Gasteiger partial charge in [-0.25, -0.2) is 22.9 Å². The molecule has 1 aromatic heterocycles. The lowest BCUT2D eigenvalue weighted by molar-refractivity contribution is -0.191. The number of benzene rings is 1. The van der Waals surface area contributed by atoms with E-state index in [0.29, 0.717) is 0 Å². The molecule has 1 N–H and O–H groups in total. The van der Waals surface area contributed by atoms with Crippen molar-refractivity contribution in [1.29, 1.82) is 0 Å². The molecule has 138 valence electrons. The number of nitrogens with one attached hydrogen (secondary N) is 1. The molecule has 0 saturated carbocycles. The third kappa shape index (κ3) is 4.01. The summed E-state index contributed by atoms with van der Waals surface area (Å²) < 4.78 is 55.7. The van der Waals surface area contributed by atoms with Crippen molar-refractivity contribution >= 4 is 8.25 Å². The van der Waals surface area contributed by atoms with Crippen LogP contribution in [0.1, 0.15) is 12.6 Å². The number of nitrogens with zero attached hydrogens (tertiary/aromatic N) is 2. The van der Waals surface area contributed by atoms with Crippen LogP contribution >= 0.6 is 8.25 Å². The van der Waals surface area contributed by atoms with Crippen LogP contribution in [0.25, 0.3) is 0 Å². The van der Waals surface area contributed by atoms with E-state index in [2.05, 4.69) is 4.98 Å². The molecule has 2 heterocycles. The second-order valence-electron chi connectivity index (χ2n) is 5.35. The summed E-state index contributed by atoms with van der Waals surface area (Å²) in [7, 11) is -2.77. The molecule has 1 unspecified atom stereocenters. The fourth-order valence-corrected chi connectivity index (χ4v) is 2.92. The van der Waals surface area contributed by atoms with E-state index in [1.807, 2.05) is 4.98 Å². The molecule has 0 aliphatic carbocycles. The van der Waals surface area contributed by atoms with Gasteiger partial charge < -0.3 is 4.74 Å². The average Bonchev–Trinajstić information content (AvgIpc) is 2.89. The molecule has 0 spiro atoms. The highest BCUT2D eigenvalue weighted by atomic mass is 31.1. The molecule has 1 fully saturated rings. The summed E-state index contributed by atoms with van der Waals surface area (Å²) in [5.74, 6) is -2.71. The van der Waals surface area contributed by atoms with E-state index in [9.17, 15) is 22.9 Å². The number of H-pyrrole nitrogens is 1. The highest BCUT2D eigenvalue weighted by Gasteiger charge is 2.53. The van der Waals surface area contributed by atoms with Crippen molar-refractivity contribution in [3.63, 3.8) is 0 Å². The summed E-state index contributed by atoms with van der Waals surface area (Å²) in [5.41, 5.74) is -1.82. The van der Waals surface area contributed by atoms with Crippen LogP contribution in [0.4, 0.5) is 8.78 Å². The van der Waals surface area contributed by atoms with Gasteiger partial charge >= 0.3 is 19.6 Å². The minimum atomic E-state index is -2.94. The van der Waals surface area contributed by atoms with Crippen LogP contribution in [0, 0.1) is 0 Å². The Kier molecular flexibility index (Phi) is 5.21. The summed E-state index contributed by atoms with van der Waals surface area (Å²) in [6, 6.07) is 8.00. The Morgan fingerprint density at radius 2 is 2.12 bits per heavy atom. The summed E-state index contributed by atoms with van der Waals surface area (Å²) >= 11 is 0. The molecule has 26 heavy (non-hydrogen) atoms. The van der Waals surface area contributed by atoms with E-state index in [0.717, 1.165) is 10.9 Å². The zero-order valence-electron chi connectivity index (χ0n) is 13.1. The lowest BCUT2D eigenvalue weighted by Gasteiger charge is -2.19. The van der Waals surface area contributed by atoms with Gasteiger partial charge in [0.1, 0.15) is 12.6 Å². The second kappa shape index (κ2) is 7.40. The van der Waals surface area contributed by atoms with Crippen LogP contribution in [0.5, 0.6) is 5.75 Å². The lowest BCUT2D eigenvalue weighted by atomic mass is 10.2. The number of aromatic nitrogens is 3. The smallest absolute Gasteiger partial charge is 0.317 e. The standard InChI is InChI=1S/C14H12F2N3O6P/c15-10-6-11(19-8-17-12(20)18-13(19)21)24-14(10,16)7-23-26(22)25-9-4-2-1-3-5-9/h1-5,8,10-11H,6-7H2/p+1/t10-,11+,14+/m0/s1. The van der Waals surface area contributed by atoms with E-state index < -0.39 is 50.9 Å². The molecular formula is C14H13F2N3O6P+. The molecule has 1 aromatic carbocycles. The maximum atomic E-state index is 14.6. The van der Waals surface area contributed by atoms with E-state index >= 15 is 0 Å². The van der Waals surface area contributed by atoms with E-state index in [1.165, 1.54) is 12.1 Å². The van der Waals surface area contributed by atoms with Crippen molar-refractivity contribution in [2.45, 2.75) is 24.7 Å². The zero-order valence-corrected chi connectivity index (χ0v) is 14.0. The number of alkyl halides is 2. The van der Waals surface area contributed by atoms with Crippen LogP contribution < -0.4 is 15.9 Å². The third-order valence-corrected chi connectivity index (χ3v) is 4.26. The maximum absolute atomic E-state index is 14.6. The molecular weight excluding hydrogens is 375 g/mol. The van der Waals surface area contributed by atoms with Gasteiger partial charge in [0, 0.05) is 11.0 Å². The highest BCUT2D eigenvalue weighted by molar-refractivity contribution is 7.33. The zero-order chi connectivity index (χ0) is 18.7. The van der Waals surface area contributed by atoms with Crippen molar-refractivity contribution in [3.05, 3.63) is 57.6 Å². The first-order valence-electron chi connectivity index (χ1n) is 7.39. The van der Waals surface area contributed by atoms with E-state index in [4.69, 9.17) is 13.8 Å². The molecule has 9 nitrogen and oxygen atoms in total. The van der Waals surface area contributed by atoms with Crippen molar-refractivity contribution in [3.8, 4) is 5.75 Å². The van der Waals surface area contributed by atoms with Crippen LogP contribution in [0.2, 0.25) is 0 Å². The predicted molar refractivity (Wildman–Crippen MR) is 83.2 cm³/mol. The van der Waals surface area contributed by atoms with Gasteiger partial charge in [-0.1, -0.05) is 18.2 Å². The van der Waals surface area contributed by atoms with E-state index in [-0.39, 0.29) is 5.75 Å². The fraction of sp³-hybridized carbons (Fsp3) is 0.357. The number of aromatic amines is 1. The molecule has 3 rings (SSSR count).